The number of hydrogen-bond donors (Lipinski definition) is 0. The van der Waals surface area contributed by atoms with E-state index in [1.165, 1.54) is 0 Å². The van der Waals surface area contributed by atoms with Gasteiger partial charge in [0.05, 0.1) is 24.8 Å². The minimum Gasteiger partial charge on any atom is -0.497 e. The number of hydrogen-bond acceptors (Lipinski definition) is 5. The first-order valence-corrected chi connectivity index (χ1v) is 7.29. The molecule has 0 amide bonds. The van der Waals surface area contributed by atoms with Gasteiger partial charge in [0.1, 0.15) is 5.75 Å². The van der Waals surface area contributed by atoms with Crippen LogP contribution in [0, 0.1) is 0 Å². The van der Waals surface area contributed by atoms with E-state index in [0.717, 1.165) is 22.2 Å². The first-order chi connectivity index (χ1) is 11.2. The maximum atomic E-state index is 11.8. The van der Waals surface area contributed by atoms with E-state index in [9.17, 15) is 4.79 Å². The summed E-state index contributed by atoms with van der Waals surface area (Å²) in [6.45, 7) is 2.13. The number of aromatic nitrogens is 2. The van der Waals surface area contributed by atoms with Crippen molar-refractivity contribution in [3.05, 3.63) is 54.2 Å². The van der Waals surface area contributed by atoms with Crippen LogP contribution in [0.5, 0.6) is 5.75 Å². The lowest BCUT2D eigenvalue weighted by atomic mass is 10.1. The second kappa shape index (κ2) is 6.44. The number of benzene rings is 2. The zero-order chi connectivity index (χ0) is 16.2. The van der Waals surface area contributed by atoms with Crippen LogP contribution in [0.2, 0.25) is 0 Å². The molecule has 1 aromatic heterocycles. The molecule has 0 aliphatic heterocycles. The van der Waals surface area contributed by atoms with Crippen LogP contribution in [0.15, 0.2) is 48.7 Å². The average Bonchev–Trinajstić information content (AvgIpc) is 2.61. The van der Waals surface area contributed by atoms with Gasteiger partial charge in [-0.3, -0.25) is 0 Å². The lowest BCUT2D eigenvalue weighted by molar-refractivity contribution is 0.0526. The molecule has 3 aromatic rings. The standard InChI is InChI=1S/C18H16N2O3/c1-3-23-18(21)13-7-8-16-14(9-13)11-19-17(20-16)12-5-4-6-15(10-12)22-2/h4-11H,3H2,1-2H3. The number of methoxy groups -OCH3 is 1. The summed E-state index contributed by atoms with van der Waals surface area (Å²) in [7, 11) is 1.62. The fourth-order valence-electron chi connectivity index (χ4n) is 2.28. The predicted molar refractivity (Wildman–Crippen MR) is 87.5 cm³/mol. The minimum absolute atomic E-state index is 0.341. The molecule has 23 heavy (non-hydrogen) atoms. The highest BCUT2D eigenvalue weighted by molar-refractivity contribution is 5.94. The van der Waals surface area contributed by atoms with Gasteiger partial charge in [-0.2, -0.15) is 0 Å². The molecule has 116 valence electrons. The summed E-state index contributed by atoms with van der Waals surface area (Å²) in [5, 5.41) is 0.794. The van der Waals surface area contributed by atoms with E-state index in [1.54, 1.807) is 38.4 Å². The first-order valence-electron chi connectivity index (χ1n) is 7.29. The SMILES string of the molecule is CCOC(=O)c1ccc2nc(-c3cccc(OC)c3)ncc2c1. The fourth-order valence-corrected chi connectivity index (χ4v) is 2.28. The molecule has 0 spiro atoms. The van der Waals surface area contributed by atoms with Crippen LogP contribution >= 0.6 is 0 Å². The van der Waals surface area contributed by atoms with Crippen LogP contribution in [0.1, 0.15) is 17.3 Å². The third kappa shape index (κ3) is 3.13. The van der Waals surface area contributed by atoms with Crippen LogP contribution in [-0.2, 0) is 4.74 Å². The average molecular weight is 308 g/mol. The fraction of sp³-hybridized carbons (Fsp3) is 0.167. The molecule has 0 aliphatic rings. The van der Waals surface area contributed by atoms with Crippen molar-refractivity contribution in [2.24, 2.45) is 0 Å². The Balaban J connectivity index is 1.99. The molecule has 3 rings (SSSR count). The summed E-state index contributed by atoms with van der Waals surface area (Å²) in [6, 6.07) is 12.8. The molecule has 1 heterocycles. The number of fused-ring (bicyclic) bond motifs is 1. The van der Waals surface area contributed by atoms with Crippen LogP contribution in [-0.4, -0.2) is 29.7 Å². The molecule has 0 fully saturated rings. The molecule has 5 nitrogen and oxygen atoms in total. The van der Waals surface area contributed by atoms with Gasteiger partial charge in [-0.05, 0) is 37.3 Å². The highest BCUT2D eigenvalue weighted by atomic mass is 16.5. The van der Waals surface area contributed by atoms with Gasteiger partial charge in [-0.1, -0.05) is 12.1 Å². The maximum Gasteiger partial charge on any atom is 0.338 e. The highest BCUT2D eigenvalue weighted by Gasteiger charge is 2.09. The van der Waals surface area contributed by atoms with Crippen molar-refractivity contribution >= 4 is 16.9 Å². The van der Waals surface area contributed by atoms with Crippen molar-refractivity contribution in [3.63, 3.8) is 0 Å². The number of nitrogens with zero attached hydrogens (tertiary/aromatic N) is 2. The molecule has 0 aliphatic carbocycles. The topological polar surface area (TPSA) is 61.3 Å². The van der Waals surface area contributed by atoms with E-state index in [0.29, 0.717) is 18.0 Å². The summed E-state index contributed by atoms with van der Waals surface area (Å²) in [6.07, 6.45) is 1.71. The number of carbonyl (C=O) groups excluding carboxylic acids is 1. The summed E-state index contributed by atoms with van der Waals surface area (Å²) in [5.74, 6) is 1.02. The summed E-state index contributed by atoms with van der Waals surface area (Å²) < 4.78 is 10.2. The van der Waals surface area contributed by atoms with E-state index in [4.69, 9.17) is 9.47 Å². The number of carbonyl (C=O) groups is 1. The lowest BCUT2D eigenvalue weighted by Crippen LogP contribution is -2.04. The third-order valence-electron chi connectivity index (χ3n) is 3.42. The van der Waals surface area contributed by atoms with E-state index < -0.39 is 0 Å². The molecule has 0 atom stereocenters. The van der Waals surface area contributed by atoms with Crippen LogP contribution in [0.25, 0.3) is 22.3 Å². The largest absolute Gasteiger partial charge is 0.497 e. The smallest absolute Gasteiger partial charge is 0.338 e. The van der Waals surface area contributed by atoms with Crippen LogP contribution in [0.4, 0.5) is 0 Å². The molecule has 0 saturated carbocycles. The van der Waals surface area contributed by atoms with E-state index in [-0.39, 0.29) is 5.97 Å². The van der Waals surface area contributed by atoms with Crippen molar-refractivity contribution < 1.29 is 14.3 Å². The molecule has 0 N–H and O–H groups in total. The quantitative estimate of drug-likeness (QED) is 0.690. The van der Waals surface area contributed by atoms with Gasteiger partial charge < -0.3 is 9.47 Å². The molecule has 0 unspecified atom stereocenters. The molecular formula is C18H16N2O3. The van der Waals surface area contributed by atoms with Gasteiger partial charge in [0.2, 0.25) is 0 Å². The van der Waals surface area contributed by atoms with Gasteiger partial charge in [0.25, 0.3) is 0 Å². The number of esters is 1. The first kappa shape index (κ1) is 15.0. The molecule has 5 heteroatoms. The van der Waals surface area contributed by atoms with Crippen LogP contribution in [0.3, 0.4) is 0 Å². The minimum atomic E-state index is -0.341. The van der Waals surface area contributed by atoms with Crippen molar-refractivity contribution in [3.8, 4) is 17.1 Å². The Morgan fingerprint density at radius 3 is 2.83 bits per heavy atom. The highest BCUT2D eigenvalue weighted by Crippen LogP contribution is 2.23. The second-order valence-electron chi connectivity index (χ2n) is 4.92. The van der Waals surface area contributed by atoms with E-state index in [1.807, 2.05) is 24.3 Å². The Morgan fingerprint density at radius 1 is 1.17 bits per heavy atom. The van der Waals surface area contributed by atoms with Crippen molar-refractivity contribution in [2.75, 3.05) is 13.7 Å². The molecule has 2 aromatic carbocycles. The number of rotatable bonds is 4. The molecular weight excluding hydrogens is 292 g/mol. The molecule has 0 radical (unpaired) electrons. The van der Waals surface area contributed by atoms with Crippen LogP contribution < -0.4 is 4.74 Å². The summed E-state index contributed by atoms with van der Waals surface area (Å²) in [4.78, 5) is 20.7. The maximum absolute atomic E-state index is 11.8. The Kier molecular flexibility index (Phi) is 4.19. The van der Waals surface area contributed by atoms with E-state index in [2.05, 4.69) is 9.97 Å². The molecule has 0 saturated heterocycles. The van der Waals surface area contributed by atoms with Crippen molar-refractivity contribution in [1.82, 2.24) is 9.97 Å². The van der Waals surface area contributed by atoms with Crippen molar-refractivity contribution in [2.45, 2.75) is 6.92 Å². The summed E-state index contributed by atoms with van der Waals surface area (Å²) >= 11 is 0. The normalized spacial score (nSPS) is 10.5. The van der Waals surface area contributed by atoms with Gasteiger partial charge in [-0.15, -0.1) is 0 Å². The summed E-state index contributed by atoms with van der Waals surface area (Å²) in [5.41, 5.74) is 2.14. The monoisotopic (exact) mass is 308 g/mol. The Hall–Kier alpha value is -2.95. The Bertz CT molecular complexity index is 862. The van der Waals surface area contributed by atoms with Gasteiger partial charge in [-0.25, -0.2) is 14.8 Å². The van der Waals surface area contributed by atoms with Gasteiger partial charge in [0.15, 0.2) is 5.82 Å². The zero-order valence-electron chi connectivity index (χ0n) is 12.9. The van der Waals surface area contributed by atoms with Gasteiger partial charge in [0, 0.05) is 17.1 Å². The van der Waals surface area contributed by atoms with E-state index >= 15 is 0 Å². The number of ether oxygens (including phenoxy) is 2. The predicted octanol–water partition coefficient (Wildman–Crippen LogP) is 3.48. The molecule has 0 bridgehead atoms. The second-order valence-corrected chi connectivity index (χ2v) is 4.92. The van der Waals surface area contributed by atoms with Crippen molar-refractivity contribution in [1.29, 1.82) is 0 Å². The third-order valence-corrected chi connectivity index (χ3v) is 3.42. The zero-order valence-corrected chi connectivity index (χ0v) is 12.9. The Morgan fingerprint density at radius 2 is 2.04 bits per heavy atom. The lowest BCUT2D eigenvalue weighted by Gasteiger charge is -2.06. The Labute approximate surface area is 133 Å². The van der Waals surface area contributed by atoms with Gasteiger partial charge >= 0.3 is 5.97 Å².